The molecule has 0 aromatic heterocycles. The van der Waals surface area contributed by atoms with Crippen LogP contribution in [0.2, 0.25) is 0 Å². The summed E-state index contributed by atoms with van der Waals surface area (Å²) >= 11 is 0. The number of hydrogen-bond donors (Lipinski definition) is 1. The summed E-state index contributed by atoms with van der Waals surface area (Å²) in [5.41, 5.74) is 0. The fraction of sp³-hybridized carbons (Fsp3) is 0.833. The summed E-state index contributed by atoms with van der Waals surface area (Å²) < 4.78 is 0. The van der Waals surface area contributed by atoms with Gasteiger partial charge < -0.3 is 15.1 Å². The minimum atomic E-state index is -0.199. The third-order valence-electron chi connectivity index (χ3n) is 5.06. The van der Waals surface area contributed by atoms with Gasteiger partial charge in [-0.05, 0) is 33.1 Å². The van der Waals surface area contributed by atoms with E-state index < -0.39 is 0 Å². The normalized spacial score (nSPS) is 22.3. The molecule has 0 spiro atoms. The molecule has 2 fully saturated rings. The van der Waals surface area contributed by atoms with Gasteiger partial charge in [-0.3, -0.25) is 14.4 Å². The van der Waals surface area contributed by atoms with Gasteiger partial charge in [-0.15, -0.1) is 0 Å². The molecule has 2 saturated heterocycles. The lowest BCUT2D eigenvalue weighted by molar-refractivity contribution is -0.137. The van der Waals surface area contributed by atoms with Crippen molar-refractivity contribution in [2.24, 2.45) is 5.92 Å². The molecule has 0 saturated carbocycles. The van der Waals surface area contributed by atoms with Gasteiger partial charge in [0.25, 0.3) is 0 Å². The number of likely N-dealkylation sites (tertiary alicyclic amines) is 2. The second-order valence-electron chi connectivity index (χ2n) is 7.31. The first-order valence-corrected chi connectivity index (χ1v) is 9.30. The Hall–Kier alpha value is -1.59. The molecule has 1 atom stereocenters. The van der Waals surface area contributed by atoms with Crippen LogP contribution in [0.3, 0.4) is 0 Å². The first kappa shape index (κ1) is 18.7. The van der Waals surface area contributed by atoms with Gasteiger partial charge in [0.05, 0.1) is 5.92 Å². The largest absolute Gasteiger partial charge is 0.353 e. The third-order valence-corrected chi connectivity index (χ3v) is 5.06. The van der Waals surface area contributed by atoms with Gasteiger partial charge in [-0.2, -0.15) is 0 Å². The highest BCUT2D eigenvalue weighted by atomic mass is 16.2. The molecule has 24 heavy (non-hydrogen) atoms. The fourth-order valence-corrected chi connectivity index (χ4v) is 3.54. The zero-order chi connectivity index (χ0) is 17.7. The Balaban J connectivity index is 1.77. The minimum absolute atomic E-state index is 0.0847. The smallest absolute Gasteiger partial charge is 0.227 e. The second kappa shape index (κ2) is 8.49. The average Bonchev–Trinajstić information content (AvgIpc) is 2.95. The lowest BCUT2D eigenvalue weighted by Crippen LogP contribution is -2.48. The van der Waals surface area contributed by atoms with E-state index >= 15 is 0 Å². The number of hydrogen-bond acceptors (Lipinski definition) is 3. The van der Waals surface area contributed by atoms with Crippen LogP contribution >= 0.6 is 0 Å². The molecule has 2 heterocycles. The third kappa shape index (κ3) is 4.71. The van der Waals surface area contributed by atoms with E-state index in [1.807, 2.05) is 18.7 Å². The molecule has 0 bridgehead atoms. The molecule has 6 nitrogen and oxygen atoms in total. The highest BCUT2D eigenvalue weighted by molar-refractivity contribution is 5.89. The van der Waals surface area contributed by atoms with Crippen molar-refractivity contribution in [2.75, 3.05) is 19.6 Å². The van der Waals surface area contributed by atoms with Crippen molar-refractivity contribution in [1.82, 2.24) is 15.1 Å². The minimum Gasteiger partial charge on any atom is -0.353 e. The van der Waals surface area contributed by atoms with Crippen molar-refractivity contribution in [3.63, 3.8) is 0 Å². The van der Waals surface area contributed by atoms with Gasteiger partial charge in [0.2, 0.25) is 17.7 Å². The van der Waals surface area contributed by atoms with E-state index in [0.29, 0.717) is 32.5 Å². The Morgan fingerprint density at radius 3 is 2.46 bits per heavy atom. The molecule has 0 aliphatic carbocycles. The number of nitrogens with zero attached hydrogens (tertiary/aromatic N) is 2. The van der Waals surface area contributed by atoms with E-state index in [1.165, 1.54) is 0 Å². The number of nitrogens with one attached hydrogen (secondary N) is 1. The second-order valence-corrected chi connectivity index (χ2v) is 7.31. The maximum absolute atomic E-state index is 12.6. The number of unbranched alkanes of at least 4 members (excludes halogenated alkanes) is 1. The van der Waals surface area contributed by atoms with E-state index in [2.05, 4.69) is 12.2 Å². The van der Waals surface area contributed by atoms with Gasteiger partial charge in [0.15, 0.2) is 0 Å². The molecular formula is C18H31N3O3. The fourth-order valence-electron chi connectivity index (χ4n) is 3.54. The predicted molar refractivity (Wildman–Crippen MR) is 92.2 cm³/mol. The van der Waals surface area contributed by atoms with Crippen LogP contribution in [0.4, 0.5) is 0 Å². The van der Waals surface area contributed by atoms with E-state index in [4.69, 9.17) is 0 Å². The monoisotopic (exact) mass is 337 g/mol. The summed E-state index contributed by atoms with van der Waals surface area (Å²) in [7, 11) is 0. The summed E-state index contributed by atoms with van der Waals surface area (Å²) in [6, 6.07) is 0.329. The summed E-state index contributed by atoms with van der Waals surface area (Å²) in [4.78, 5) is 40.1. The maximum Gasteiger partial charge on any atom is 0.227 e. The van der Waals surface area contributed by atoms with Crippen LogP contribution in [0.25, 0.3) is 0 Å². The summed E-state index contributed by atoms with van der Waals surface area (Å²) in [6.45, 7) is 7.93. The zero-order valence-electron chi connectivity index (χ0n) is 15.2. The topological polar surface area (TPSA) is 69.7 Å². The number of rotatable bonds is 6. The van der Waals surface area contributed by atoms with Crippen LogP contribution in [0.15, 0.2) is 0 Å². The van der Waals surface area contributed by atoms with E-state index in [9.17, 15) is 14.4 Å². The molecule has 3 amide bonds. The van der Waals surface area contributed by atoms with Crippen molar-refractivity contribution in [1.29, 1.82) is 0 Å². The lowest BCUT2D eigenvalue weighted by atomic mass is 10.0. The van der Waals surface area contributed by atoms with Crippen molar-refractivity contribution < 1.29 is 14.4 Å². The lowest BCUT2D eigenvalue weighted by Gasteiger charge is -2.34. The summed E-state index contributed by atoms with van der Waals surface area (Å²) in [5.74, 6) is 0.106. The van der Waals surface area contributed by atoms with Gasteiger partial charge in [-0.1, -0.05) is 13.3 Å². The molecule has 0 aromatic carbocycles. The Labute approximate surface area is 144 Å². The van der Waals surface area contributed by atoms with Crippen LogP contribution in [0.1, 0.15) is 59.3 Å². The Bertz CT molecular complexity index is 470. The molecule has 0 radical (unpaired) electrons. The molecule has 2 aliphatic rings. The van der Waals surface area contributed by atoms with Crippen molar-refractivity contribution >= 4 is 17.7 Å². The Kier molecular flexibility index (Phi) is 6.63. The molecular weight excluding hydrogens is 306 g/mol. The van der Waals surface area contributed by atoms with Crippen LogP contribution in [-0.2, 0) is 14.4 Å². The molecule has 6 heteroatoms. The van der Waals surface area contributed by atoms with E-state index in [-0.39, 0.29) is 35.7 Å². The van der Waals surface area contributed by atoms with Crippen molar-refractivity contribution in [3.8, 4) is 0 Å². The van der Waals surface area contributed by atoms with Gasteiger partial charge in [0.1, 0.15) is 0 Å². The Morgan fingerprint density at radius 1 is 1.25 bits per heavy atom. The number of piperidine rings is 1. The maximum atomic E-state index is 12.6. The van der Waals surface area contributed by atoms with Crippen molar-refractivity contribution in [2.45, 2.75) is 71.4 Å². The number of carbonyl (C=O) groups excluding carboxylic acids is 3. The standard InChI is InChI=1S/C18H31N3O3/c1-4-5-6-16(22)19-15-7-9-20(10-8-15)18(24)14-11-17(23)21(12-14)13(2)3/h13-15H,4-12H2,1-3H3,(H,19,22). The van der Waals surface area contributed by atoms with Crippen LogP contribution in [0, 0.1) is 5.92 Å². The van der Waals surface area contributed by atoms with Gasteiger partial charge in [-0.25, -0.2) is 0 Å². The van der Waals surface area contributed by atoms with Crippen LogP contribution in [0.5, 0.6) is 0 Å². The Morgan fingerprint density at radius 2 is 1.92 bits per heavy atom. The molecule has 0 aromatic rings. The number of amides is 3. The van der Waals surface area contributed by atoms with Crippen LogP contribution in [-0.4, -0.2) is 59.2 Å². The SMILES string of the molecule is CCCCC(=O)NC1CCN(C(=O)C2CC(=O)N(C(C)C)C2)CC1. The highest BCUT2D eigenvalue weighted by Crippen LogP contribution is 2.23. The molecule has 1 unspecified atom stereocenters. The zero-order valence-corrected chi connectivity index (χ0v) is 15.2. The molecule has 136 valence electrons. The average molecular weight is 337 g/mol. The van der Waals surface area contributed by atoms with E-state index in [1.54, 1.807) is 4.90 Å². The summed E-state index contributed by atoms with van der Waals surface area (Å²) in [6.07, 6.45) is 4.48. The highest BCUT2D eigenvalue weighted by Gasteiger charge is 2.38. The molecule has 2 rings (SSSR count). The van der Waals surface area contributed by atoms with Crippen LogP contribution < -0.4 is 5.32 Å². The quantitative estimate of drug-likeness (QED) is 0.799. The van der Waals surface area contributed by atoms with Gasteiger partial charge >= 0.3 is 0 Å². The summed E-state index contributed by atoms with van der Waals surface area (Å²) in [5, 5.41) is 3.07. The first-order chi connectivity index (χ1) is 11.4. The van der Waals surface area contributed by atoms with E-state index in [0.717, 1.165) is 25.7 Å². The van der Waals surface area contributed by atoms with Crippen molar-refractivity contribution in [3.05, 3.63) is 0 Å². The number of carbonyl (C=O) groups is 3. The predicted octanol–water partition coefficient (Wildman–Crippen LogP) is 1.54. The van der Waals surface area contributed by atoms with Gasteiger partial charge in [0, 0.05) is 44.6 Å². The molecule has 2 aliphatic heterocycles. The first-order valence-electron chi connectivity index (χ1n) is 9.30. The molecule has 1 N–H and O–H groups in total.